The van der Waals surface area contributed by atoms with Gasteiger partial charge in [0.1, 0.15) is 0 Å². The van der Waals surface area contributed by atoms with E-state index < -0.39 is 0 Å². The summed E-state index contributed by atoms with van der Waals surface area (Å²) in [5.41, 5.74) is 7.92. The number of carbonyl (C=O) groups is 1. The van der Waals surface area contributed by atoms with Gasteiger partial charge in [0.25, 0.3) is 5.91 Å². The van der Waals surface area contributed by atoms with Crippen LogP contribution in [-0.4, -0.2) is 11.6 Å². The van der Waals surface area contributed by atoms with E-state index >= 15 is 0 Å². The first kappa shape index (κ1) is 14.9. The molecular weight excluding hydrogens is 284 g/mol. The molecule has 1 aromatic carbocycles. The summed E-state index contributed by atoms with van der Waals surface area (Å²) in [4.78, 5) is 12.5. The number of amides is 1. The maximum Gasteiger partial charge on any atom is 0.271 e. The van der Waals surface area contributed by atoms with Crippen molar-refractivity contribution in [2.24, 2.45) is 21.8 Å². The summed E-state index contributed by atoms with van der Waals surface area (Å²) in [5, 5.41) is 4.56. The minimum Gasteiger partial charge on any atom is -0.267 e. The Kier molecular flexibility index (Phi) is 3.20. The number of hydrazone groups is 1. The van der Waals surface area contributed by atoms with Crippen molar-refractivity contribution in [1.29, 1.82) is 0 Å². The highest BCUT2D eigenvalue weighted by Crippen LogP contribution is 2.63. The topological polar surface area (TPSA) is 41.5 Å². The first-order valence-electron chi connectivity index (χ1n) is 8.91. The lowest BCUT2D eigenvalue weighted by molar-refractivity contribution is 0.0954. The van der Waals surface area contributed by atoms with Crippen LogP contribution in [-0.2, 0) is 12.8 Å². The quantitative estimate of drug-likeness (QED) is 0.821. The predicted octanol–water partition coefficient (Wildman–Crippen LogP) is 4.11. The maximum atomic E-state index is 12.5. The zero-order valence-electron chi connectivity index (χ0n) is 14.4. The molecule has 3 nitrogen and oxygen atoms in total. The zero-order valence-corrected chi connectivity index (χ0v) is 14.4. The van der Waals surface area contributed by atoms with Crippen molar-refractivity contribution < 1.29 is 4.79 Å². The van der Waals surface area contributed by atoms with Crippen LogP contribution in [0, 0.1) is 16.7 Å². The summed E-state index contributed by atoms with van der Waals surface area (Å²) in [7, 11) is 0. The SMILES string of the molecule is CC1(C)[C@@H]2CC[C@]1(C)/C(=N/NC(=O)c1ccc3c(c1)CCC3)C2. The van der Waals surface area contributed by atoms with E-state index in [4.69, 9.17) is 0 Å². The standard InChI is InChI=1S/C20H26N2O/c1-19(2)16-9-10-20(19,3)17(12-16)21-22-18(23)15-8-7-13-5-4-6-14(13)11-15/h7-8,11,16H,4-6,9-10,12H2,1-3H3,(H,22,23)/b21-17+/t16-,20-/m1/s1. The van der Waals surface area contributed by atoms with Crippen molar-refractivity contribution in [1.82, 2.24) is 5.43 Å². The van der Waals surface area contributed by atoms with Crippen LogP contribution >= 0.6 is 0 Å². The second kappa shape index (κ2) is 4.93. The summed E-state index contributed by atoms with van der Waals surface area (Å²) in [6, 6.07) is 6.09. The van der Waals surface area contributed by atoms with Crippen molar-refractivity contribution in [2.75, 3.05) is 0 Å². The Hall–Kier alpha value is -1.64. The molecule has 4 rings (SSSR count). The molecule has 2 saturated carbocycles. The number of carbonyl (C=O) groups excluding carboxylic acids is 1. The number of aryl methyl sites for hydroxylation is 2. The van der Waals surface area contributed by atoms with Crippen molar-refractivity contribution in [3.8, 4) is 0 Å². The number of rotatable bonds is 2. The molecule has 3 aliphatic carbocycles. The van der Waals surface area contributed by atoms with Crippen molar-refractivity contribution >= 4 is 11.6 Å². The van der Waals surface area contributed by atoms with E-state index in [-0.39, 0.29) is 11.3 Å². The third-order valence-electron chi connectivity index (χ3n) is 7.17. The number of fused-ring (bicyclic) bond motifs is 3. The molecule has 2 bridgehead atoms. The smallest absolute Gasteiger partial charge is 0.267 e. The lowest BCUT2D eigenvalue weighted by Gasteiger charge is -2.34. The fourth-order valence-corrected chi connectivity index (χ4v) is 4.99. The molecule has 2 atom stereocenters. The van der Waals surface area contributed by atoms with Gasteiger partial charge in [-0.1, -0.05) is 26.8 Å². The molecule has 0 unspecified atom stereocenters. The van der Waals surface area contributed by atoms with Crippen LogP contribution < -0.4 is 5.43 Å². The number of hydrogen-bond donors (Lipinski definition) is 1. The number of nitrogens with zero attached hydrogens (tertiary/aromatic N) is 1. The Morgan fingerprint density at radius 3 is 2.70 bits per heavy atom. The van der Waals surface area contributed by atoms with Crippen LogP contribution in [0.4, 0.5) is 0 Å². The van der Waals surface area contributed by atoms with E-state index in [0.29, 0.717) is 11.3 Å². The molecule has 1 aromatic rings. The van der Waals surface area contributed by atoms with Crippen molar-refractivity contribution in [2.45, 2.75) is 59.3 Å². The molecule has 0 aromatic heterocycles. The van der Waals surface area contributed by atoms with Gasteiger partial charge in [-0.3, -0.25) is 4.79 Å². The Bertz CT molecular complexity index is 704. The summed E-state index contributed by atoms with van der Waals surface area (Å²) in [5.74, 6) is 0.638. The second-order valence-electron chi connectivity index (χ2n) is 8.33. The third-order valence-corrected chi connectivity index (χ3v) is 7.17. The van der Waals surface area contributed by atoms with E-state index in [1.165, 1.54) is 36.1 Å². The molecule has 1 N–H and O–H groups in total. The van der Waals surface area contributed by atoms with E-state index in [1.807, 2.05) is 12.1 Å². The van der Waals surface area contributed by atoms with Gasteiger partial charge in [-0.2, -0.15) is 5.10 Å². The lowest BCUT2D eigenvalue weighted by atomic mass is 9.70. The van der Waals surface area contributed by atoms with E-state index in [1.54, 1.807) is 0 Å². The molecule has 3 aliphatic rings. The molecular formula is C20H26N2O. The first-order valence-corrected chi connectivity index (χ1v) is 8.91. The predicted molar refractivity (Wildman–Crippen MR) is 92.6 cm³/mol. The number of nitrogens with one attached hydrogen (secondary N) is 1. The Morgan fingerprint density at radius 1 is 1.22 bits per heavy atom. The number of benzene rings is 1. The fraction of sp³-hybridized carbons (Fsp3) is 0.600. The minimum absolute atomic E-state index is 0.0728. The van der Waals surface area contributed by atoms with Gasteiger partial charge in [0, 0.05) is 16.7 Å². The van der Waals surface area contributed by atoms with E-state index in [0.717, 1.165) is 24.8 Å². The van der Waals surface area contributed by atoms with Gasteiger partial charge in [0.05, 0.1) is 0 Å². The first-order chi connectivity index (χ1) is 10.9. The van der Waals surface area contributed by atoms with Gasteiger partial charge < -0.3 is 0 Å². The highest BCUT2D eigenvalue weighted by Gasteiger charge is 2.60. The molecule has 0 heterocycles. The Labute approximate surface area is 138 Å². The molecule has 0 aliphatic heterocycles. The average molecular weight is 310 g/mol. The molecule has 122 valence electrons. The van der Waals surface area contributed by atoms with Crippen LogP contribution in [0.25, 0.3) is 0 Å². The molecule has 2 fully saturated rings. The molecule has 1 amide bonds. The molecule has 3 heteroatoms. The summed E-state index contributed by atoms with van der Waals surface area (Å²) in [6.45, 7) is 7.03. The fourth-order valence-electron chi connectivity index (χ4n) is 4.99. The molecule has 0 saturated heterocycles. The van der Waals surface area contributed by atoms with E-state index in [2.05, 4.69) is 37.4 Å². The Balaban J connectivity index is 1.52. The van der Waals surface area contributed by atoms with Crippen molar-refractivity contribution in [3.63, 3.8) is 0 Å². The van der Waals surface area contributed by atoms with Gasteiger partial charge in [-0.15, -0.1) is 0 Å². The van der Waals surface area contributed by atoms with Crippen LogP contribution in [0.2, 0.25) is 0 Å². The maximum absolute atomic E-state index is 12.5. The third kappa shape index (κ3) is 2.09. The van der Waals surface area contributed by atoms with Crippen LogP contribution in [0.3, 0.4) is 0 Å². The zero-order chi connectivity index (χ0) is 16.2. The largest absolute Gasteiger partial charge is 0.271 e. The Morgan fingerprint density at radius 2 is 2.00 bits per heavy atom. The summed E-state index contributed by atoms with van der Waals surface area (Å²) >= 11 is 0. The van der Waals surface area contributed by atoms with Crippen LogP contribution in [0.15, 0.2) is 23.3 Å². The van der Waals surface area contributed by atoms with Crippen LogP contribution in [0.5, 0.6) is 0 Å². The van der Waals surface area contributed by atoms with Gasteiger partial charge in [-0.25, -0.2) is 5.43 Å². The minimum atomic E-state index is -0.0728. The highest BCUT2D eigenvalue weighted by atomic mass is 16.2. The second-order valence-corrected chi connectivity index (χ2v) is 8.33. The lowest BCUT2D eigenvalue weighted by Crippen LogP contribution is -2.34. The van der Waals surface area contributed by atoms with Gasteiger partial charge >= 0.3 is 0 Å². The number of hydrogen-bond acceptors (Lipinski definition) is 2. The van der Waals surface area contributed by atoms with Crippen LogP contribution in [0.1, 0.15) is 67.9 Å². The molecule has 0 spiro atoms. The van der Waals surface area contributed by atoms with E-state index in [9.17, 15) is 4.79 Å². The summed E-state index contributed by atoms with van der Waals surface area (Å²) < 4.78 is 0. The molecule has 23 heavy (non-hydrogen) atoms. The average Bonchev–Trinajstić information content (AvgIpc) is 3.13. The van der Waals surface area contributed by atoms with Gasteiger partial charge in [0.2, 0.25) is 0 Å². The molecule has 0 radical (unpaired) electrons. The highest BCUT2D eigenvalue weighted by molar-refractivity contribution is 5.98. The monoisotopic (exact) mass is 310 g/mol. The van der Waals surface area contributed by atoms with Gasteiger partial charge in [0.15, 0.2) is 0 Å². The normalized spacial score (nSPS) is 32.3. The van der Waals surface area contributed by atoms with Crippen molar-refractivity contribution in [3.05, 3.63) is 34.9 Å². The summed E-state index contributed by atoms with van der Waals surface area (Å²) in [6.07, 6.45) is 6.97. The van der Waals surface area contributed by atoms with Gasteiger partial charge in [-0.05, 0) is 73.1 Å².